The zero-order valence-electron chi connectivity index (χ0n) is 13.5. The fraction of sp³-hybridized carbons (Fsp3) is 0.588. The summed E-state index contributed by atoms with van der Waals surface area (Å²) in [5, 5.41) is 12.2. The van der Waals surface area contributed by atoms with Crippen molar-refractivity contribution in [2.45, 2.75) is 52.5 Å². The Morgan fingerprint density at radius 1 is 1.38 bits per heavy atom. The molecule has 4 nitrogen and oxygen atoms in total. The van der Waals surface area contributed by atoms with Gasteiger partial charge in [-0.15, -0.1) is 0 Å². The van der Waals surface area contributed by atoms with Crippen LogP contribution < -0.4 is 10.1 Å². The third-order valence-electron chi connectivity index (χ3n) is 3.48. The van der Waals surface area contributed by atoms with Gasteiger partial charge < -0.3 is 15.2 Å². The van der Waals surface area contributed by atoms with Crippen molar-refractivity contribution < 1.29 is 14.6 Å². The van der Waals surface area contributed by atoms with Gasteiger partial charge in [0.2, 0.25) is 0 Å². The Bertz CT molecular complexity index is 457. The molecule has 0 bridgehead atoms. The first kappa shape index (κ1) is 17.5. The minimum Gasteiger partial charge on any atom is -0.493 e. The van der Waals surface area contributed by atoms with Crippen LogP contribution in [0.5, 0.6) is 5.75 Å². The summed E-state index contributed by atoms with van der Waals surface area (Å²) in [4.78, 5) is 11.1. The number of ether oxygens (including phenoxy) is 1. The maximum absolute atomic E-state index is 11.1. The van der Waals surface area contributed by atoms with Crippen LogP contribution in [0.15, 0.2) is 18.2 Å². The average Bonchev–Trinajstić information content (AvgIpc) is 2.43. The molecular weight excluding hydrogens is 266 g/mol. The van der Waals surface area contributed by atoms with Crippen LogP contribution in [0, 0.1) is 6.92 Å². The van der Waals surface area contributed by atoms with Gasteiger partial charge in [0.1, 0.15) is 11.8 Å². The van der Waals surface area contributed by atoms with Gasteiger partial charge in [0.25, 0.3) is 0 Å². The van der Waals surface area contributed by atoms with Gasteiger partial charge in [-0.2, -0.15) is 0 Å². The second-order valence-electron chi connectivity index (χ2n) is 5.66. The molecule has 1 aromatic rings. The molecule has 2 N–H and O–H groups in total. The highest BCUT2D eigenvalue weighted by Crippen LogP contribution is 2.24. The SMILES string of the molecule is CCCNC(CCOc1cc(C(C)C)ccc1C)C(=O)O. The van der Waals surface area contributed by atoms with Crippen LogP contribution >= 0.6 is 0 Å². The average molecular weight is 293 g/mol. The quantitative estimate of drug-likeness (QED) is 0.733. The summed E-state index contributed by atoms with van der Waals surface area (Å²) >= 11 is 0. The normalized spacial score (nSPS) is 12.4. The third-order valence-corrected chi connectivity index (χ3v) is 3.48. The number of nitrogens with one attached hydrogen (secondary N) is 1. The molecule has 21 heavy (non-hydrogen) atoms. The minimum atomic E-state index is -0.820. The predicted molar refractivity (Wildman–Crippen MR) is 85.1 cm³/mol. The highest BCUT2D eigenvalue weighted by Gasteiger charge is 2.16. The van der Waals surface area contributed by atoms with Crippen LogP contribution in [0.3, 0.4) is 0 Å². The van der Waals surface area contributed by atoms with E-state index in [9.17, 15) is 4.79 Å². The summed E-state index contributed by atoms with van der Waals surface area (Å²) in [6.07, 6.45) is 1.38. The molecule has 0 saturated carbocycles. The summed E-state index contributed by atoms with van der Waals surface area (Å²) < 4.78 is 5.78. The third kappa shape index (κ3) is 5.76. The van der Waals surface area contributed by atoms with E-state index in [-0.39, 0.29) is 0 Å². The molecule has 0 fully saturated rings. The van der Waals surface area contributed by atoms with Crippen molar-refractivity contribution in [3.8, 4) is 5.75 Å². The minimum absolute atomic E-state index is 0.399. The van der Waals surface area contributed by atoms with Crippen LogP contribution in [0.2, 0.25) is 0 Å². The predicted octanol–water partition coefficient (Wildman–Crippen LogP) is 3.34. The highest BCUT2D eigenvalue weighted by molar-refractivity contribution is 5.73. The van der Waals surface area contributed by atoms with E-state index in [1.54, 1.807) is 0 Å². The molecule has 0 aliphatic carbocycles. The van der Waals surface area contributed by atoms with Crippen LogP contribution in [-0.2, 0) is 4.79 Å². The zero-order chi connectivity index (χ0) is 15.8. The van der Waals surface area contributed by atoms with E-state index in [0.29, 0.717) is 25.5 Å². The molecular formula is C17H27NO3. The number of hydrogen-bond acceptors (Lipinski definition) is 3. The van der Waals surface area contributed by atoms with Gasteiger partial charge >= 0.3 is 5.97 Å². The van der Waals surface area contributed by atoms with Gasteiger partial charge in [0.05, 0.1) is 6.61 Å². The van der Waals surface area contributed by atoms with Crippen molar-refractivity contribution in [1.82, 2.24) is 5.32 Å². The van der Waals surface area contributed by atoms with Crippen LogP contribution in [-0.4, -0.2) is 30.3 Å². The number of rotatable bonds is 9. The maximum atomic E-state index is 11.1. The van der Waals surface area contributed by atoms with Crippen LogP contribution in [0.25, 0.3) is 0 Å². The summed E-state index contributed by atoms with van der Waals surface area (Å²) in [6.45, 7) is 9.41. The van der Waals surface area contributed by atoms with Gasteiger partial charge in [-0.05, 0) is 43.0 Å². The van der Waals surface area contributed by atoms with E-state index >= 15 is 0 Å². The van der Waals surface area contributed by atoms with Gasteiger partial charge in [0, 0.05) is 6.42 Å². The number of carbonyl (C=O) groups is 1. The van der Waals surface area contributed by atoms with Crippen molar-refractivity contribution in [1.29, 1.82) is 0 Å². The molecule has 0 heterocycles. The van der Waals surface area contributed by atoms with Crippen LogP contribution in [0.1, 0.15) is 50.7 Å². The second-order valence-corrected chi connectivity index (χ2v) is 5.66. The number of hydrogen-bond donors (Lipinski definition) is 2. The molecule has 118 valence electrons. The van der Waals surface area contributed by atoms with Gasteiger partial charge in [-0.25, -0.2) is 0 Å². The lowest BCUT2D eigenvalue weighted by molar-refractivity contribution is -0.139. The maximum Gasteiger partial charge on any atom is 0.320 e. The first-order valence-corrected chi connectivity index (χ1v) is 7.65. The van der Waals surface area contributed by atoms with Crippen molar-refractivity contribution in [2.75, 3.05) is 13.2 Å². The Morgan fingerprint density at radius 3 is 2.67 bits per heavy atom. The summed E-state index contributed by atoms with van der Waals surface area (Å²) in [6, 6.07) is 5.66. The molecule has 0 radical (unpaired) electrons. The Balaban J connectivity index is 2.57. The zero-order valence-corrected chi connectivity index (χ0v) is 13.5. The standard InChI is InChI=1S/C17H27NO3/c1-5-9-18-15(17(19)20)8-10-21-16-11-14(12(2)3)7-6-13(16)4/h6-7,11-12,15,18H,5,8-10H2,1-4H3,(H,19,20). The van der Waals surface area contributed by atoms with Crippen molar-refractivity contribution in [3.63, 3.8) is 0 Å². The lowest BCUT2D eigenvalue weighted by Crippen LogP contribution is -2.38. The Kier molecular flexibility index (Phi) is 7.23. The van der Waals surface area contributed by atoms with E-state index in [2.05, 4.69) is 37.4 Å². The molecule has 1 rings (SSSR count). The Morgan fingerprint density at radius 2 is 2.10 bits per heavy atom. The summed E-state index contributed by atoms with van der Waals surface area (Å²) in [5.41, 5.74) is 2.31. The van der Waals surface area contributed by atoms with Gasteiger partial charge in [-0.1, -0.05) is 32.9 Å². The number of carboxylic acids is 1. The van der Waals surface area contributed by atoms with E-state index in [4.69, 9.17) is 9.84 Å². The van der Waals surface area contributed by atoms with E-state index in [1.807, 2.05) is 13.8 Å². The molecule has 0 aliphatic heterocycles. The highest BCUT2D eigenvalue weighted by atomic mass is 16.5. The Hall–Kier alpha value is -1.55. The monoisotopic (exact) mass is 293 g/mol. The molecule has 1 unspecified atom stereocenters. The molecule has 1 aromatic carbocycles. The summed E-state index contributed by atoms with van der Waals surface area (Å²) in [7, 11) is 0. The topological polar surface area (TPSA) is 58.6 Å². The molecule has 1 atom stereocenters. The first-order valence-electron chi connectivity index (χ1n) is 7.65. The molecule has 0 saturated heterocycles. The van der Waals surface area contributed by atoms with E-state index in [1.165, 1.54) is 5.56 Å². The second kappa shape index (κ2) is 8.67. The van der Waals surface area contributed by atoms with E-state index < -0.39 is 12.0 Å². The van der Waals surface area contributed by atoms with Crippen LogP contribution in [0.4, 0.5) is 0 Å². The van der Waals surface area contributed by atoms with Crippen molar-refractivity contribution in [2.24, 2.45) is 0 Å². The van der Waals surface area contributed by atoms with E-state index in [0.717, 1.165) is 17.7 Å². The van der Waals surface area contributed by atoms with Gasteiger partial charge in [0.15, 0.2) is 0 Å². The molecule has 0 aromatic heterocycles. The fourth-order valence-corrected chi connectivity index (χ4v) is 2.05. The number of carboxylic acid groups (broad SMARTS) is 1. The van der Waals surface area contributed by atoms with Crippen molar-refractivity contribution in [3.05, 3.63) is 29.3 Å². The molecule has 0 spiro atoms. The molecule has 4 heteroatoms. The lowest BCUT2D eigenvalue weighted by atomic mass is 10.0. The lowest BCUT2D eigenvalue weighted by Gasteiger charge is -2.16. The number of benzene rings is 1. The largest absolute Gasteiger partial charge is 0.493 e. The number of aryl methyl sites for hydroxylation is 1. The smallest absolute Gasteiger partial charge is 0.320 e. The molecule has 0 amide bonds. The van der Waals surface area contributed by atoms with Crippen molar-refractivity contribution >= 4 is 5.97 Å². The number of aliphatic carboxylic acids is 1. The Labute approximate surface area is 127 Å². The first-order chi connectivity index (χ1) is 9.95. The van der Waals surface area contributed by atoms with Gasteiger partial charge in [-0.3, -0.25) is 4.79 Å². The fourth-order valence-electron chi connectivity index (χ4n) is 2.05. The molecule has 0 aliphatic rings. The summed E-state index contributed by atoms with van der Waals surface area (Å²) in [5.74, 6) is 0.478.